The highest BCUT2D eigenvalue weighted by atomic mass is 15.2. The second-order valence-corrected chi connectivity index (χ2v) is 6.58. The number of hydrogen-bond donors (Lipinski definition) is 0. The number of rotatable bonds is 1. The Bertz CT molecular complexity index is 468. The van der Waals surface area contributed by atoms with E-state index >= 15 is 0 Å². The molecule has 1 aliphatic heterocycles. The molecule has 2 saturated carbocycles. The summed E-state index contributed by atoms with van der Waals surface area (Å²) in [5.74, 6) is 2.06. The van der Waals surface area contributed by atoms with Gasteiger partial charge in [-0.3, -0.25) is 9.88 Å². The van der Waals surface area contributed by atoms with Gasteiger partial charge in [-0.1, -0.05) is 12.5 Å². The lowest BCUT2D eigenvalue weighted by Crippen LogP contribution is -2.42. The van der Waals surface area contributed by atoms with Gasteiger partial charge in [0, 0.05) is 37.4 Å². The van der Waals surface area contributed by atoms with Crippen LogP contribution in [0.1, 0.15) is 42.5 Å². The second-order valence-electron chi connectivity index (χ2n) is 6.58. The van der Waals surface area contributed by atoms with Gasteiger partial charge in [0.05, 0.1) is 0 Å². The molecule has 3 aliphatic rings. The summed E-state index contributed by atoms with van der Waals surface area (Å²) in [5, 5.41) is 0. The molecule has 1 aromatic rings. The maximum absolute atomic E-state index is 4.60. The minimum atomic E-state index is 0.886. The SMILES string of the molecule is Cc1cnc2c(c1)CN(C1CC3CCC1C3)CC2. The fraction of sp³-hybridized carbons (Fsp3) is 0.688. The van der Waals surface area contributed by atoms with Gasteiger partial charge in [0.1, 0.15) is 0 Å². The van der Waals surface area contributed by atoms with Crippen molar-refractivity contribution in [3.05, 3.63) is 29.1 Å². The first-order chi connectivity index (χ1) is 8.79. The first-order valence-electron chi connectivity index (χ1n) is 7.48. The molecule has 96 valence electrons. The Kier molecular flexibility index (Phi) is 2.47. The second kappa shape index (κ2) is 4.06. The summed E-state index contributed by atoms with van der Waals surface area (Å²) in [7, 11) is 0. The van der Waals surface area contributed by atoms with E-state index in [2.05, 4.69) is 22.9 Å². The first kappa shape index (κ1) is 11.0. The van der Waals surface area contributed by atoms with Crippen molar-refractivity contribution in [1.82, 2.24) is 9.88 Å². The lowest BCUT2D eigenvalue weighted by Gasteiger charge is -2.37. The number of aromatic nitrogens is 1. The van der Waals surface area contributed by atoms with E-state index in [0.717, 1.165) is 30.8 Å². The molecule has 0 saturated heterocycles. The van der Waals surface area contributed by atoms with Crippen LogP contribution >= 0.6 is 0 Å². The predicted molar refractivity (Wildman–Crippen MR) is 72.3 cm³/mol. The molecule has 3 unspecified atom stereocenters. The number of fused-ring (bicyclic) bond motifs is 3. The van der Waals surface area contributed by atoms with E-state index in [1.54, 1.807) is 0 Å². The van der Waals surface area contributed by atoms with Crippen LogP contribution in [0.15, 0.2) is 12.3 Å². The zero-order chi connectivity index (χ0) is 12.1. The van der Waals surface area contributed by atoms with E-state index in [1.165, 1.54) is 49.0 Å². The Labute approximate surface area is 109 Å². The van der Waals surface area contributed by atoms with Crippen LogP contribution in [0.4, 0.5) is 0 Å². The van der Waals surface area contributed by atoms with Crippen LogP contribution in [-0.4, -0.2) is 22.5 Å². The summed E-state index contributed by atoms with van der Waals surface area (Å²) in [5.41, 5.74) is 4.15. The first-order valence-corrected chi connectivity index (χ1v) is 7.48. The van der Waals surface area contributed by atoms with Crippen LogP contribution < -0.4 is 0 Å². The zero-order valence-electron chi connectivity index (χ0n) is 11.2. The van der Waals surface area contributed by atoms with Crippen molar-refractivity contribution in [3.8, 4) is 0 Å². The van der Waals surface area contributed by atoms with Gasteiger partial charge in [0.25, 0.3) is 0 Å². The Morgan fingerprint density at radius 2 is 2.22 bits per heavy atom. The van der Waals surface area contributed by atoms with E-state index in [-0.39, 0.29) is 0 Å². The molecule has 2 aliphatic carbocycles. The minimum absolute atomic E-state index is 0.886. The summed E-state index contributed by atoms with van der Waals surface area (Å²) in [6.45, 7) is 4.54. The third kappa shape index (κ3) is 1.70. The summed E-state index contributed by atoms with van der Waals surface area (Å²) >= 11 is 0. The number of nitrogens with zero attached hydrogens (tertiary/aromatic N) is 2. The fourth-order valence-electron chi connectivity index (χ4n) is 4.51. The number of pyridine rings is 1. The molecule has 0 amide bonds. The summed E-state index contributed by atoms with van der Waals surface area (Å²) in [4.78, 5) is 7.36. The molecule has 0 aromatic carbocycles. The molecule has 0 radical (unpaired) electrons. The number of hydrogen-bond acceptors (Lipinski definition) is 2. The highest BCUT2D eigenvalue weighted by molar-refractivity contribution is 5.27. The third-order valence-corrected chi connectivity index (χ3v) is 5.38. The highest BCUT2D eigenvalue weighted by Gasteiger charge is 2.42. The molecule has 0 spiro atoms. The average Bonchev–Trinajstić information content (AvgIpc) is 3.00. The van der Waals surface area contributed by atoms with E-state index in [1.807, 2.05) is 6.20 Å². The van der Waals surface area contributed by atoms with Crippen LogP contribution in [0.2, 0.25) is 0 Å². The van der Waals surface area contributed by atoms with Crippen molar-refractivity contribution < 1.29 is 0 Å². The van der Waals surface area contributed by atoms with E-state index < -0.39 is 0 Å². The lowest BCUT2D eigenvalue weighted by atomic mass is 9.92. The van der Waals surface area contributed by atoms with Crippen molar-refractivity contribution in [2.75, 3.05) is 6.54 Å². The smallest absolute Gasteiger partial charge is 0.0461 e. The van der Waals surface area contributed by atoms with Gasteiger partial charge in [0.15, 0.2) is 0 Å². The van der Waals surface area contributed by atoms with E-state index in [9.17, 15) is 0 Å². The molecule has 18 heavy (non-hydrogen) atoms. The van der Waals surface area contributed by atoms with Crippen LogP contribution in [0.3, 0.4) is 0 Å². The largest absolute Gasteiger partial charge is 0.295 e. The summed E-state index contributed by atoms with van der Waals surface area (Å²) in [6.07, 6.45) is 9.16. The monoisotopic (exact) mass is 242 g/mol. The molecular formula is C16H22N2. The Morgan fingerprint density at radius 1 is 1.28 bits per heavy atom. The van der Waals surface area contributed by atoms with E-state index in [0.29, 0.717) is 0 Å². The topological polar surface area (TPSA) is 16.1 Å². The van der Waals surface area contributed by atoms with Crippen molar-refractivity contribution in [1.29, 1.82) is 0 Å². The molecule has 2 heterocycles. The van der Waals surface area contributed by atoms with Gasteiger partial charge in [-0.15, -0.1) is 0 Å². The predicted octanol–water partition coefficient (Wildman–Crippen LogP) is 2.94. The van der Waals surface area contributed by atoms with Crippen molar-refractivity contribution in [2.24, 2.45) is 11.8 Å². The fourth-order valence-corrected chi connectivity index (χ4v) is 4.51. The highest BCUT2D eigenvalue weighted by Crippen LogP contribution is 2.47. The quantitative estimate of drug-likeness (QED) is 0.752. The Balaban J connectivity index is 1.56. The zero-order valence-corrected chi connectivity index (χ0v) is 11.2. The lowest BCUT2D eigenvalue weighted by molar-refractivity contribution is 0.127. The Morgan fingerprint density at radius 3 is 3.00 bits per heavy atom. The molecule has 4 rings (SSSR count). The average molecular weight is 242 g/mol. The Hall–Kier alpha value is -0.890. The van der Waals surface area contributed by atoms with Gasteiger partial charge < -0.3 is 0 Å². The van der Waals surface area contributed by atoms with Crippen LogP contribution in [0.25, 0.3) is 0 Å². The third-order valence-electron chi connectivity index (χ3n) is 5.38. The molecule has 2 fully saturated rings. The maximum Gasteiger partial charge on any atom is 0.0461 e. The van der Waals surface area contributed by atoms with Crippen LogP contribution in [-0.2, 0) is 13.0 Å². The van der Waals surface area contributed by atoms with Gasteiger partial charge in [0.2, 0.25) is 0 Å². The standard InChI is InChI=1S/C16H22N2/c1-11-6-14-10-18(5-4-15(14)17-9-11)16-8-12-2-3-13(16)7-12/h6,9,12-13,16H,2-5,7-8,10H2,1H3. The van der Waals surface area contributed by atoms with Crippen LogP contribution in [0.5, 0.6) is 0 Å². The van der Waals surface area contributed by atoms with Crippen LogP contribution in [0, 0.1) is 18.8 Å². The summed E-state index contributed by atoms with van der Waals surface area (Å²) < 4.78 is 0. The molecular weight excluding hydrogens is 220 g/mol. The van der Waals surface area contributed by atoms with E-state index in [4.69, 9.17) is 0 Å². The van der Waals surface area contributed by atoms with Gasteiger partial charge in [-0.2, -0.15) is 0 Å². The molecule has 3 atom stereocenters. The molecule has 0 N–H and O–H groups in total. The molecule has 2 nitrogen and oxygen atoms in total. The molecule has 1 aromatic heterocycles. The minimum Gasteiger partial charge on any atom is -0.295 e. The maximum atomic E-state index is 4.60. The van der Waals surface area contributed by atoms with Gasteiger partial charge in [-0.25, -0.2) is 0 Å². The van der Waals surface area contributed by atoms with Crippen molar-refractivity contribution in [3.63, 3.8) is 0 Å². The van der Waals surface area contributed by atoms with Gasteiger partial charge in [-0.05, 0) is 49.1 Å². The summed E-state index contributed by atoms with van der Waals surface area (Å²) in [6, 6.07) is 3.24. The molecule has 2 bridgehead atoms. The van der Waals surface area contributed by atoms with Gasteiger partial charge >= 0.3 is 0 Å². The molecule has 2 heteroatoms. The number of aryl methyl sites for hydroxylation is 1. The van der Waals surface area contributed by atoms with Crippen molar-refractivity contribution in [2.45, 2.75) is 51.6 Å². The normalized spacial score (nSPS) is 34.8. The van der Waals surface area contributed by atoms with Crippen molar-refractivity contribution >= 4 is 0 Å².